The summed E-state index contributed by atoms with van der Waals surface area (Å²) in [6.45, 7) is 8.66. The molecular weight excluding hydrogens is 264 g/mol. The highest BCUT2D eigenvalue weighted by molar-refractivity contribution is 5.89. The second-order valence-electron chi connectivity index (χ2n) is 6.26. The summed E-state index contributed by atoms with van der Waals surface area (Å²) in [7, 11) is 0. The highest BCUT2D eigenvalue weighted by Crippen LogP contribution is 2.19. The molecule has 122 valence electrons. The van der Waals surface area contributed by atoms with E-state index in [9.17, 15) is 9.59 Å². The van der Waals surface area contributed by atoms with Gasteiger partial charge >= 0.3 is 0 Å². The normalized spacial score (nSPS) is 19.9. The summed E-state index contributed by atoms with van der Waals surface area (Å²) in [6.07, 6.45) is 7.20. The Morgan fingerprint density at radius 2 is 2.00 bits per heavy atom. The van der Waals surface area contributed by atoms with Crippen LogP contribution in [0.1, 0.15) is 65.7 Å². The molecule has 0 saturated carbocycles. The maximum Gasteiger partial charge on any atom is 0.225 e. The lowest BCUT2D eigenvalue weighted by atomic mass is 9.99. The smallest absolute Gasteiger partial charge is 0.225 e. The Kier molecular flexibility index (Phi) is 8.40. The molecule has 0 aromatic heterocycles. The molecule has 1 saturated heterocycles. The summed E-state index contributed by atoms with van der Waals surface area (Å²) >= 11 is 0. The number of nitrogens with one attached hydrogen (secondary N) is 1. The maximum atomic E-state index is 12.2. The Hall–Kier alpha value is -1.06. The Morgan fingerprint density at radius 3 is 2.62 bits per heavy atom. The third-order valence-corrected chi connectivity index (χ3v) is 4.48. The van der Waals surface area contributed by atoms with E-state index in [0.717, 1.165) is 32.4 Å². The van der Waals surface area contributed by atoms with Crippen molar-refractivity contribution in [2.45, 2.75) is 65.7 Å². The third-order valence-electron chi connectivity index (χ3n) is 4.48. The standard InChI is InChI=1S/C17H32N2O2/c1-4-7-9-14(6-3)12-18-17(21)15-11-16(20)19(13-15)10-8-5-2/h14-15H,4-13H2,1-3H3,(H,18,21)/t14-,15-/m0/s1. The molecule has 0 aromatic carbocycles. The van der Waals surface area contributed by atoms with Crippen LogP contribution in [-0.2, 0) is 9.59 Å². The number of amides is 2. The number of hydrogen-bond donors (Lipinski definition) is 1. The van der Waals surface area contributed by atoms with Crippen LogP contribution in [0.2, 0.25) is 0 Å². The molecule has 0 spiro atoms. The molecule has 1 fully saturated rings. The first-order chi connectivity index (χ1) is 10.1. The van der Waals surface area contributed by atoms with Crippen LogP contribution in [0.3, 0.4) is 0 Å². The first-order valence-corrected chi connectivity index (χ1v) is 8.67. The predicted molar refractivity (Wildman–Crippen MR) is 85.9 cm³/mol. The first kappa shape index (κ1) is 18.0. The molecule has 2 amide bonds. The summed E-state index contributed by atoms with van der Waals surface area (Å²) in [5.41, 5.74) is 0. The first-order valence-electron chi connectivity index (χ1n) is 8.67. The molecule has 1 rings (SSSR count). The fraction of sp³-hybridized carbons (Fsp3) is 0.882. The molecule has 21 heavy (non-hydrogen) atoms. The largest absolute Gasteiger partial charge is 0.356 e. The molecule has 1 aliphatic heterocycles. The molecule has 0 aromatic rings. The second-order valence-corrected chi connectivity index (χ2v) is 6.26. The lowest BCUT2D eigenvalue weighted by Crippen LogP contribution is -2.36. The van der Waals surface area contributed by atoms with Gasteiger partial charge in [0, 0.05) is 26.1 Å². The van der Waals surface area contributed by atoms with Crippen LogP contribution < -0.4 is 5.32 Å². The predicted octanol–water partition coefficient (Wildman–Crippen LogP) is 2.97. The lowest BCUT2D eigenvalue weighted by Gasteiger charge is -2.18. The van der Waals surface area contributed by atoms with Crippen molar-refractivity contribution in [2.24, 2.45) is 11.8 Å². The minimum Gasteiger partial charge on any atom is -0.356 e. The van der Waals surface area contributed by atoms with Gasteiger partial charge in [-0.25, -0.2) is 0 Å². The van der Waals surface area contributed by atoms with E-state index in [2.05, 4.69) is 26.1 Å². The van der Waals surface area contributed by atoms with E-state index in [1.54, 1.807) is 0 Å². The molecule has 1 heterocycles. The van der Waals surface area contributed by atoms with Crippen molar-refractivity contribution < 1.29 is 9.59 Å². The SMILES string of the molecule is CCCC[C@H](CC)CNC(=O)[C@H]1CC(=O)N(CCCC)C1. The topological polar surface area (TPSA) is 49.4 Å². The van der Waals surface area contributed by atoms with Gasteiger partial charge in [-0.1, -0.05) is 46.5 Å². The monoisotopic (exact) mass is 296 g/mol. The quantitative estimate of drug-likeness (QED) is 0.674. The van der Waals surface area contributed by atoms with Gasteiger partial charge in [0.15, 0.2) is 0 Å². The molecule has 0 aliphatic carbocycles. The average molecular weight is 296 g/mol. The Labute approximate surface area is 129 Å². The Balaban J connectivity index is 2.33. The molecule has 0 radical (unpaired) electrons. The molecule has 4 nitrogen and oxygen atoms in total. The van der Waals surface area contributed by atoms with Gasteiger partial charge in [0.2, 0.25) is 11.8 Å². The summed E-state index contributed by atoms with van der Waals surface area (Å²) in [5.74, 6) is 0.638. The van der Waals surface area contributed by atoms with E-state index in [1.165, 1.54) is 19.3 Å². The lowest BCUT2D eigenvalue weighted by molar-refractivity contribution is -0.129. The summed E-state index contributed by atoms with van der Waals surface area (Å²) in [5, 5.41) is 3.06. The van der Waals surface area contributed by atoms with Gasteiger partial charge in [-0.3, -0.25) is 9.59 Å². The highest BCUT2D eigenvalue weighted by atomic mass is 16.2. The molecule has 2 atom stereocenters. The average Bonchev–Trinajstić information content (AvgIpc) is 2.86. The number of nitrogens with zero attached hydrogens (tertiary/aromatic N) is 1. The van der Waals surface area contributed by atoms with Crippen molar-refractivity contribution in [3.8, 4) is 0 Å². The van der Waals surface area contributed by atoms with Gasteiger partial charge in [0.1, 0.15) is 0 Å². The van der Waals surface area contributed by atoms with Gasteiger partial charge in [-0.15, -0.1) is 0 Å². The van der Waals surface area contributed by atoms with Crippen LogP contribution in [0.5, 0.6) is 0 Å². The van der Waals surface area contributed by atoms with Crippen LogP contribution in [0.4, 0.5) is 0 Å². The fourth-order valence-corrected chi connectivity index (χ4v) is 2.85. The Morgan fingerprint density at radius 1 is 1.29 bits per heavy atom. The number of rotatable bonds is 10. The van der Waals surface area contributed by atoms with Gasteiger partial charge < -0.3 is 10.2 Å². The van der Waals surface area contributed by atoms with E-state index < -0.39 is 0 Å². The van der Waals surface area contributed by atoms with Crippen LogP contribution in [0.15, 0.2) is 0 Å². The van der Waals surface area contributed by atoms with Crippen LogP contribution in [-0.4, -0.2) is 36.3 Å². The number of unbranched alkanes of at least 4 members (excludes halogenated alkanes) is 2. The second kappa shape index (κ2) is 9.80. The molecule has 1 aliphatic rings. The summed E-state index contributed by atoms with van der Waals surface area (Å²) in [6, 6.07) is 0. The van der Waals surface area contributed by atoms with Crippen LogP contribution in [0, 0.1) is 11.8 Å². The molecule has 0 bridgehead atoms. The fourth-order valence-electron chi connectivity index (χ4n) is 2.85. The molecular formula is C17H32N2O2. The number of carbonyl (C=O) groups excluding carboxylic acids is 2. The van der Waals surface area contributed by atoms with E-state index in [0.29, 0.717) is 18.9 Å². The number of likely N-dealkylation sites (tertiary alicyclic amines) is 1. The zero-order chi connectivity index (χ0) is 15.7. The van der Waals surface area contributed by atoms with E-state index >= 15 is 0 Å². The van der Waals surface area contributed by atoms with Crippen LogP contribution in [0.25, 0.3) is 0 Å². The van der Waals surface area contributed by atoms with Crippen molar-refractivity contribution in [1.29, 1.82) is 0 Å². The highest BCUT2D eigenvalue weighted by Gasteiger charge is 2.33. The Bertz CT molecular complexity index is 331. The van der Waals surface area contributed by atoms with Crippen LogP contribution >= 0.6 is 0 Å². The minimum absolute atomic E-state index is 0.0669. The van der Waals surface area contributed by atoms with E-state index in [1.807, 2.05) is 4.90 Å². The molecule has 0 unspecified atom stereocenters. The summed E-state index contributed by atoms with van der Waals surface area (Å²) in [4.78, 5) is 25.9. The maximum absolute atomic E-state index is 12.2. The molecule has 4 heteroatoms. The van der Waals surface area contributed by atoms with Crippen molar-refractivity contribution in [3.63, 3.8) is 0 Å². The van der Waals surface area contributed by atoms with E-state index in [-0.39, 0.29) is 17.7 Å². The zero-order valence-corrected chi connectivity index (χ0v) is 14.0. The third kappa shape index (κ3) is 6.06. The van der Waals surface area contributed by atoms with Crippen molar-refractivity contribution in [2.75, 3.05) is 19.6 Å². The van der Waals surface area contributed by atoms with Gasteiger partial charge in [-0.2, -0.15) is 0 Å². The number of carbonyl (C=O) groups is 2. The van der Waals surface area contributed by atoms with Gasteiger partial charge in [-0.05, 0) is 18.8 Å². The van der Waals surface area contributed by atoms with Gasteiger partial charge in [0.25, 0.3) is 0 Å². The minimum atomic E-state index is -0.141. The van der Waals surface area contributed by atoms with E-state index in [4.69, 9.17) is 0 Å². The van der Waals surface area contributed by atoms with Crippen molar-refractivity contribution in [1.82, 2.24) is 10.2 Å². The molecule has 1 N–H and O–H groups in total. The van der Waals surface area contributed by atoms with Crippen molar-refractivity contribution >= 4 is 11.8 Å². The van der Waals surface area contributed by atoms with Crippen molar-refractivity contribution in [3.05, 3.63) is 0 Å². The van der Waals surface area contributed by atoms with Gasteiger partial charge in [0.05, 0.1) is 5.92 Å². The zero-order valence-electron chi connectivity index (χ0n) is 14.0. The number of hydrogen-bond acceptors (Lipinski definition) is 2. The summed E-state index contributed by atoms with van der Waals surface area (Å²) < 4.78 is 0.